The summed E-state index contributed by atoms with van der Waals surface area (Å²) in [6.07, 6.45) is -0.384. The molecule has 0 aromatic carbocycles. The number of ether oxygens (including phenoxy) is 1. The van der Waals surface area contributed by atoms with Gasteiger partial charge in [-0.25, -0.2) is 4.79 Å². The van der Waals surface area contributed by atoms with E-state index in [1.54, 1.807) is 0 Å². The molecule has 1 amide bonds. The number of carbonyl (C=O) groups is 2. The van der Waals surface area contributed by atoms with Crippen LogP contribution in [-0.4, -0.2) is 35.5 Å². The van der Waals surface area contributed by atoms with Gasteiger partial charge in [0.15, 0.2) is 5.78 Å². The molecule has 0 N–H and O–H groups in total. The van der Waals surface area contributed by atoms with Crippen LogP contribution in [0.5, 0.6) is 0 Å². The van der Waals surface area contributed by atoms with E-state index < -0.39 is 0 Å². The second kappa shape index (κ2) is 3.13. The predicted molar refractivity (Wildman–Crippen MR) is 42.8 cm³/mol. The van der Waals surface area contributed by atoms with E-state index in [2.05, 4.69) is 0 Å². The Morgan fingerprint density at radius 3 is 2.58 bits per heavy atom. The number of ketones is 1. The van der Waals surface area contributed by atoms with Crippen molar-refractivity contribution < 1.29 is 14.3 Å². The van der Waals surface area contributed by atoms with E-state index in [4.69, 9.17) is 4.74 Å². The van der Waals surface area contributed by atoms with Gasteiger partial charge in [0.25, 0.3) is 0 Å². The standard InChI is InChI=1S/C8H13NO3/c1-5(2)9-7(6(3)10)4-12-8(9)11/h5,7H,4H2,1-3H3/t7-/m0/s1. The van der Waals surface area contributed by atoms with Crippen molar-refractivity contribution in [3.63, 3.8) is 0 Å². The summed E-state index contributed by atoms with van der Waals surface area (Å²) in [6, 6.07) is -0.355. The fourth-order valence-corrected chi connectivity index (χ4v) is 1.32. The summed E-state index contributed by atoms with van der Waals surface area (Å²) < 4.78 is 4.77. The Hall–Kier alpha value is -1.06. The van der Waals surface area contributed by atoms with Gasteiger partial charge in [-0.2, -0.15) is 0 Å². The average Bonchev–Trinajstić information content (AvgIpc) is 2.30. The first-order valence-corrected chi connectivity index (χ1v) is 3.99. The third-order valence-corrected chi connectivity index (χ3v) is 1.94. The van der Waals surface area contributed by atoms with Crippen molar-refractivity contribution in [1.29, 1.82) is 0 Å². The Kier molecular flexibility index (Phi) is 2.35. The Morgan fingerprint density at radius 2 is 2.25 bits per heavy atom. The fourth-order valence-electron chi connectivity index (χ4n) is 1.32. The van der Waals surface area contributed by atoms with Crippen LogP contribution in [0.1, 0.15) is 20.8 Å². The molecule has 0 saturated carbocycles. The van der Waals surface area contributed by atoms with E-state index in [0.29, 0.717) is 0 Å². The molecule has 1 saturated heterocycles. The van der Waals surface area contributed by atoms with Crippen LogP contribution in [-0.2, 0) is 9.53 Å². The predicted octanol–water partition coefficient (Wildman–Crippen LogP) is 0.805. The van der Waals surface area contributed by atoms with Gasteiger partial charge in [0.1, 0.15) is 12.6 Å². The minimum absolute atomic E-state index is 0.0189. The second-order valence-electron chi connectivity index (χ2n) is 3.20. The van der Waals surface area contributed by atoms with Crippen LogP contribution in [0.3, 0.4) is 0 Å². The van der Waals surface area contributed by atoms with Crippen LogP contribution in [0, 0.1) is 0 Å². The molecule has 1 aliphatic rings. The van der Waals surface area contributed by atoms with Gasteiger partial charge >= 0.3 is 6.09 Å². The number of amides is 1. The maximum absolute atomic E-state index is 11.1. The molecule has 1 heterocycles. The van der Waals surface area contributed by atoms with E-state index >= 15 is 0 Å². The van der Waals surface area contributed by atoms with E-state index in [0.717, 1.165) is 0 Å². The molecule has 1 atom stereocenters. The molecule has 1 aliphatic heterocycles. The minimum Gasteiger partial charge on any atom is -0.447 e. The molecule has 68 valence electrons. The molecule has 0 bridgehead atoms. The van der Waals surface area contributed by atoms with E-state index in [-0.39, 0.29) is 30.6 Å². The molecular formula is C8H13NO3. The van der Waals surface area contributed by atoms with Crippen molar-refractivity contribution in [2.45, 2.75) is 32.9 Å². The highest BCUT2D eigenvalue weighted by atomic mass is 16.6. The topological polar surface area (TPSA) is 46.6 Å². The highest BCUT2D eigenvalue weighted by Gasteiger charge is 2.37. The third-order valence-electron chi connectivity index (χ3n) is 1.94. The van der Waals surface area contributed by atoms with Crippen molar-refractivity contribution in [1.82, 2.24) is 4.90 Å². The summed E-state index contributed by atoms with van der Waals surface area (Å²) >= 11 is 0. The highest BCUT2D eigenvalue weighted by Crippen LogP contribution is 2.16. The van der Waals surface area contributed by atoms with E-state index in [1.165, 1.54) is 11.8 Å². The second-order valence-corrected chi connectivity index (χ2v) is 3.20. The molecule has 12 heavy (non-hydrogen) atoms. The number of cyclic esters (lactones) is 1. The van der Waals surface area contributed by atoms with Crippen LogP contribution in [0.2, 0.25) is 0 Å². The van der Waals surface area contributed by atoms with Crippen LogP contribution in [0.15, 0.2) is 0 Å². The first-order valence-electron chi connectivity index (χ1n) is 3.99. The van der Waals surface area contributed by atoms with Gasteiger partial charge < -0.3 is 4.74 Å². The van der Waals surface area contributed by atoms with E-state index in [9.17, 15) is 9.59 Å². The minimum atomic E-state index is -0.384. The van der Waals surface area contributed by atoms with Crippen molar-refractivity contribution in [3.8, 4) is 0 Å². The molecule has 1 rings (SSSR count). The number of hydrogen-bond donors (Lipinski definition) is 0. The van der Waals surface area contributed by atoms with Crippen LogP contribution >= 0.6 is 0 Å². The first-order chi connectivity index (χ1) is 5.54. The summed E-state index contributed by atoms with van der Waals surface area (Å²) in [4.78, 5) is 23.6. The SMILES string of the molecule is CC(=O)[C@@H]1COC(=O)N1C(C)C. The number of hydrogen-bond acceptors (Lipinski definition) is 3. The van der Waals surface area contributed by atoms with Gasteiger partial charge in [0, 0.05) is 6.04 Å². The molecule has 0 unspecified atom stereocenters. The number of rotatable bonds is 2. The lowest BCUT2D eigenvalue weighted by molar-refractivity contribution is -0.121. The zero-order valence-corrected chi connectivity index (χ0v) is 7.53. The molecule has 0 aromatic rings. The molecule has 4 heteroatoms. The Bertz CT molecular complexity index is 212. The van der Waals surface area contributed by atoms with Crippen molar-refractivity contribution in [2.75, 3.05) is 6.61 Å². The van der Waals surface area contributed by atoms with Crippen molar-refractivity contribution >= 4 is 11.9 Å². The van der Waals surface area contributed by atoms with Gasteiger partial charge in [0.05, 0.1) is 0 Å². The lowest BCUT2D eigenvalue weighted by Gasteiger charge is -2.22. The number of Topliss-reactive ketones (excluding diaryl/α,β-unsaturated/α-hetero) is 1. The Balaban J connectivity index is 2.77. The van der Waals surface area contributed by atoms with Crippen LogP contribution in [0.25, 0.3) is 0 Å². The fraction of sp³-hybridized carbons (Fsp3) is 0.750. The lowest BCUT2D eigenvalue weighted by Crippen LogP contribution is -2.42. The highest BCUT2D eigenvalue weighted by molar-refractivity contribution is 5.87. The van der Waals surface area contributed by atoms with Gasteiger partial charge in [-0.3, -0.25) is 9.69 Å². The maximum atomic E-state index is 11.1. The summed E-state index contributed by atoms with van der Waals surface area (Å²) in [5.74, 6) is -0.0189. The molecular weight excluding hydrogens is 158 g/mol. The monoisotopic (exact) mass is 171 g/mol. The summed E-state index contributed by atoms with van der Waals surface area (Å²) in [6.45, 7) is 5.40. The largest absolute Gasteiger partial charge is 0.447 e. The molecule has 1 fully saturated rings. The molecule has 0 aliphatic carbocycles. The van der Waals surface area contributed by atoms with Gasteiger partial charge in [-0.05, 0) is 20.8 Å². The number of carbonyl (C=O) groups excluding carboxylic acids is 2. The summed E-state index contributed by atoms with van der Waals surface area (Å²) in [5.41, 5.74) is 0. The summed E-state index contributed by atoms with van der Waals surface area (Å²) in [7, 11) is 0. The quantitative estimate of drug-likeness (QED) is 0.617. The normalized spacial score (nSPS) is 23.2. The molecule has 0 aromatic heterocycles. The van der Waals surface area contributed by atoms with Gasteiger partial charge in [-0.15, -0.1) is 0 Å². The zero-order chi connectivity index (χ0) is 9.30. The lowest BCUT2D eigenvalue weighted by atomic mass is 10.2. The third kappa shape index (κ3) is 1.42. The summed E-state index contributed by atoms with van der Waals surface area (Å²) in [5, 5.41) is 0. The smallest absolute Gasteiger partial charge is 0.410 e. The average molecular weight is 171 g/mol. The van der Waals surface area contributed by atoms with Crippen LogP contribution in [0.4, 0.5) is 4.79 Å². The zero-order valence-electron chi connectivity index (χ0n) is 7.53. The number of nitrogens with zero attached hydrogens (tertiary/aromatic N) is 1. The maximum Gasteiger partial charge on any atom is 0.410 e. The van der Waals surface area contributed by atoms with Crippen molar-refractivity contribution in [3.05, 3.63) is 0 Å². The molecule has 4 nitrogen and oxygen atoms in total. The van der Waals surface area contributed by atoms with Gasteiger partial charge in [0.2, 0.25) is 0 Å². The molecule has 0 spiro atoms. The van der Waals surface area contributed by atoms with Crippen molar-refractivity contribution in [2.24, 2.45) is 0 Å². The van der Waals surface area contributed by atoms with E-state index in [1.807, 2.05) is 13.8 Å². The Morgan fingerprint density at radius 1 is 1.67 bits per heavy atom. The van der Waals surface area contributed by atoms with Gasteiger partial charge in [-0.1, -0.05) is 0 Å². The Labute approximate surface area is 71.5 Å². The first kappa shape index (κ1) is 9.03. The van der Waals surface area contributed by atoms with Crippen LogP contribution < -0.4 is 0 Å². The molecule has 0 radical (unpaired) electrons.